The van der Waals surface area contributed by atoms with Gasteiger partial charge in [0.2, 0.25) is 5.76 Å². The largest absolute Gasteiger partial charge is 0.460 e. The molecule has 0 amide bonds. The number of hydrogen-bond acceptors (Lipinski definition) is 6. The number of carbonyl (C=O) groups excluding carboxylic acids is 3. The minimum atomic E-state index is -1.07. The molecule has 1 spiro atoms. The average Bonchev–Trinajstić information content (AvgIpc) is 2.53. The number of rotatable bonds is 5. The molecule has 0 aromatic heterocycles. The molecule has 1 saturated carbocycles. The van der Waals surface area contributed by atoms with E-state index < -0.39 is 23.6 Å². The molecule has 1 heterocycles. The van der Waals surface area contributed by atoms with E-state index in [1.54, 1.807) is 13.0 Å². The SMILES string of the molecule is CCC[C@@H]1C=C(C(=O)OCC)O[C@H](OC(C)=O)[C@]12CCCCC2=O. The summed E-state index contributed by atoms with van der Waals surface area (Å²) in [4.78, 5) is 36.5. The lowest BCUT2D eigenvalue weighted by molar-refractivity contribution is -0.218. The van der Waals surface area contributed by atoms with Gasteiger partial charge in [0, 0.05) is 19.3 Å². The Morgan fingerprint density at radius 3 is 2.67 bits per heavy atom. The lowest BCUT2D eigenvalue weighted by Crippen LogP contribution is -2.54. The molecule has 3 atom stereocenters. The topological polar surface area (TPSA) is 78.9 Å². The van der Waals surface area contributed by atoms with E-state index in [1.165, 1.54) is 6.92 Å². The Hall–Kier alpha value is -1.85. The summed E-state index contributed by atoms with van der Waals surface area (Å²) >= 11 is 0. The van der Waals surface area contributed by atoms with Crippen LogP contribution in [-0.2, 0) is 28.6 Å². The van der Waals surface area contributed by atoms with Crippen molar-refractivity contribution < 1.29 is 28.6 Å². The van der Waals surface area contributed by atoms with Crippen LogP contribution in [0.5, 0.6) is 0 Å². The molecule has 24 heavy (non-hydrogen) atoms. The molecule has 1 aliphatic heterocycles. The Bertz CT molecular complexity index is 538. The second kappa shape index (κ2) is 7.81. The van der Waals surface area contributed by atoms with E-state index in [-0.39, 0.29) is 24.1 Å². The summed E-state index contributed by atoms with van der Waals surface area (Å²) in [6.07, 6.45) is 4.95. The van der Waals surface area contributed by atoms with E-state index in [2.05, 4.69) is 0 Å². The highest BCUT2D eigenvalue weighted by molar-refractivity contribution is 5.90. The van der Waals surface area contributed by atoms with E-state index in [0.717, 1.165) is 25.7 Å². The minimum Gasteiger partial charge on any atom is -0.460 e. The summed E-state index contributed by atoms with van der Waals surface area (Å²) in [6, 6.07) is 0. The minimum absolute atomic E-state index is 0.0329. The van der Waals surface area contributed by atoms with Crippen LogP contribution in [0.25, 0.3) is 0 Å². The lowest BCUT2D eigenvalue weighted by atomic mass is 9.62. The number of esters is 2. The smallest absolute Gasteiger partial charge is 0.373 e. The van der Waals surface area contributed by atoms with Crippen LogP contribution in [0, 0.1) is 11.3 Å². The van der Waals surface area contributed by atoms with Gasteiger partial charge in [-0.05, 0) is 32.3 Å². The lowest BCUT2D eigenvalue weighted by Gasteiger charge is -2.47. The van der Waals surface area contributed by atoms with E-state index in [4.69, 9.17) is 14.2 Å². The number of ether oxygens (including phenoxy) is 3. The van der Waals surface area contributed by atoms with Crippen LogP contribution in [0.2, 0.25) is 0 Å². The Morgan fingerprint density at radius 2 is 2.08 bits per heavy atom. The van der Waals surface area contributed by atoms with Gasteiger partial charge in [0.25, 0.3) is 6.29 Å². The van der Waals surface area contributed by atoms with Crippen molar-refractivity contribution >= 4 is 17.7 Å². The average molecular weight is 338 g/mol. The van der Waals surface area contributed by atoms with Gasteiger partial charge >= 0.3 is 11.9 Å². The summed E-state index contributed by atoms with van der Waals surface area (Å²) in [5.41, 5.74) is -0.893. The van der Waals surface area contributed by atoms with Crippen molar-refractivity contribution in [3.63, 3.8) is 0 Å². The fourth-order valence-electron chi connectivity index (χ4n) is 3.73. The van der Waals surface area contributed by atoms with Gasteiger partial charge in [-0.1, -0.05) is 19.8 Å². The number of Topliss-reactive ketones (excluding diaryl/α,β-unsaturated/α-hetero) is 1. The first-order valence-corrected chi connectivity index (χ1v) is 8.71. The van der Waals surface area contributed by atoms with Gasteiger partial charge in [-0.3, -0.25) is 9.59 Å². The Morgan fingerprint density at radius 1 is 1.33 bits per heavy atom. The first-order valence-electron chi connectivity index (χ1n) is 8.71. The fraction of sp³-hybridized carbons (Fsp3) is 0.722. The van der Waals surface area contributed by atoms with Gasteiger partial charge in [0.05, 0.1) is 6.61 Å². The van der Waals surface area contributed by atoms with Crippen LogP contribution in [-0.4, -0.2) is 30.6 Å². The second-order valence-corrected chi connectivity index (χ2v) is 6.38. The molecule has 6 nitrogen and oxygen atoms in total. The molecule has 2 aliphatic rings. The van der Waals surface area contributed by atoms with Crippen molar-refractivity contribution in [2.24, 2.45) is 11.3 Å². The standard InChI is InChI=1S/C18H26O6/c1-4-8-13-11-14(16(21)22-5-2)24-17(23-12(3)19)18(13)10-7-6-9-15(18)20/h11,13,17H,4-10H2,1-3H3/t13-,17+,18-/m1/s1. The Kier molecular flexibility index (Phi) is 6.02. The van der Waals surface area contributed by atoms with Crippen molar-refractivity contribution in [1.82, 2.24) is 0 Å². The maximum Gasteiger partial charge on any atom is 0.373 e. The zero-order valence-corrected chi connectivity index (χ0v) is 14.6. The van der Waals surface area contributed by atoms with Crippen LogP contribution in [0.4, 0.5) is 0 Å². The number of hydrogen-bond donors (Lipinski definition) is 0. The zero-order chi connectivity index (χ0) is 17.7. The van der Waals surface area contributed by atoms with Crippen LogP contribution >= 0.6 is 0 Å². The highest BCUT2D eigenvalue weighted by Crippen LogP contribution is 2.50. The normalized spacial score (nSPS) is 29.6. The van der Waals surface area contributed by atoms with E-state index in [1.807, 2.05) is 6.92 Å². The quantitative estimate of drug-likeness (QED) is 0.717. The van der Waals surface area contributed by atoms with Gasteiger partial charge < -0.3 is 14.2 Å². The summed E-state index contributed by atoms with van der Waals surface area (Å²) in [7, 11) is 0. The molecule has 134 valence electrons. The van der Waals surface area contributed by atoms with Crippen molar-refractivity contribution in [2.75, 3.05) is 6.61 Å². The molecule has 0 N–H and O–H groups in total. The van der Waals surface area contributed by atoms with E-state index >= 15 is 0 Å². The number of ketones is 1. The van der Waals surface area contributed by atoms with Gasteiger partial charge in [-0.2, -0.15) is 0 Å². The van der Waals surface area contributed by atoms with Crippen LogP contribution in [0.3, 0.4) is 0 Å². The molecular weight excluding hydrogens is 312 g/mol. The Labute approximate surface area is 142 Å². The monoisotopic (exact) mass is 338 g/mol. The first kappa shape index (κ1) is 18.5. The third kappa shape index (κ3) is 3.47. The van der Waals surface area contributed by atoms with E-state index in [0.29, 0.717) is 12.8 Å². The molecule has 1 fully saturated rings. The van der Waals surface area contributed by atoms with Crippen LogP contribution in [0.1, 0.15) is 59.3 Å². The zero-order valence-electron chi connectivity index (χ0n) is 14.6. The molecular formula is C18H26O6. The maximum atomic E-state index is 12.8. The van der Waals surface area contributed by atoms with Crippen LogP contribution in [0.15, 0.2) is 11.8 Å². The molecule has 6 heteroatoms. The van der Waals surface area contributed by atoms with E-state index in [9.17, 15) is 14.4 Å². The highest BCUT2D eigenvalue weighted by atomic mass is 16.7. The van der Waals surface area contributed by atoms with Crippen molar-refractivity contribution in [2.45, 2.75) is 65.6 Å². The van der Waals surface area contributed by atoms with Crippen LogP contribution < -0.4 is 0 Å². The van der Waals surface area contributed by atoms with Gasteiger partial charge in [0.15, 0.2) is 0 Å². The number of carbonyl (C=O) groups is 3. The predicted molar refractivity (Wildman–Crippen MR) is 85.7 cm³/mol. The van der Waals surface area contributed by atoms with Gasteiger partial charge in [-0.25, -0.2) is 4.79 Å². The van der Waals surface area contributed by atoms with Gasteiger partial charge in [0.1, 0.15) is 11.2 Å². The molecule has 0 unspecified atom stereocenters. The summed E-state index contributed by atoms with van der Waals surface area (Å²) in [5, 5.41) is 0. The predicted octanol–water partition coefficient (Wildman–Crippen LogP) is 2.90. The van der Waals surface area contributed by atoms with Crippen molar-refractivity contribution in [3.05, 3.63) is 11.8 Å². The first-order chi connectivity index (χ1) is 11.5. The third-order valence-electron chi connectivity index (χ3n) is 4.78. The molecule has 1 aliphatic carbocycles. The molecule has 0 saturated heterocycles. The molecule has 2 rings (SSSR count). The summed E-state index contributed by atoms with van der Waals surface area (Å²) in [6.45, 7) is 5.23. The summed E-state index contributed by atoms with van der Waals surface area (Å²) in [5.74, 6) is -1.23. The molecule has 0 radical (unpaired) electrons. The third-order valence-corrected chi connectivity index (χ3v) is 4.78. The fourth-order valence-corrected chi connectivity index (χ4v) is 3.73. The van der Waals surface area contributed by atoms with Crippen molar-refractivity contribution in [1.29, 1.82) is 0 Å². The maximum absolute atomic E-state index is 12.8. The molecule has 0 aromatic carbocycles. The highest BCUT2D eigenvalue weighted by Gasteiger charge is 2.57. The molecule has 0 aromatic rings. The Balaban J connectivity index is 2.45. The second-order valence-electron chi connectivity index (χ2n) is 6.38. The van der Waals surface area contributed by atoms with Crippen molar-refractivity contribution in [3.8, 4) is 0 Å². The van der Waals surface area contributed by atoms with Gasteiger partial charge in [-0.15, -0.1) is 0 Å². The number of allylic oxidation sites excluding steroid dienone is 1. The molecule has 0 bridgehead atoms. The summed E-state index contributed by atoms with van der Waals surface area (Å²) < 4.78 is 16.0.